The minimum absolute atomic E-state index is 0.407. The average molecular weight is 487 g/mol. The second-order valence-corrected chi connectivity index (χ2v) is 9.00. The minimum atomic E-state index is -0.407. The highest BCUT2D eigenvalue weighted by Crippen LogP contribution is 2.21. The van der Waals surface area contributed by atoms with E-state index in [9.17, 15) is 4.79 Å². The van der Waals surface area contributed by atoms with Crippen molar-refractivity contribution in [3.8, 4) is 22.9 Å². The highest BCUT2D eigenvalue weighted by atomic mass is 16.5. The molecule has 1 heterocycles. The summed E-state index contributed by atoms with van der Waals surface area (Å²) >= 11 is 0. The van der Waals surface area contributed by atoms with Crippen LogP contribution in [-0.2, 0) is 6.42 Å². The molecule has 5 heteroatoms. The van der Waals surface area contributed by atoms with Gasteiger partial charge in [-0.2, -0.15) is 0 Å². The number of aromatic nitrogens is 2. The lowest BCUT2D eigenvalue weighted by atomic mass is 10.1. The summed E-state index contributed by atoms with van der Waals surface area (Å²) in [4.78, 5) is 21.6. The van der Waals surface area contributed by atoms with E-state index < -0.39 is 5.97 Å². The highest BCUT2D eigenvalue weighted by molar-refractivity contribution is 5.91. The Kier molecular flexibility index (Phi) is 11.7. The van der Waals surface area contributed by atoms with Gasteiger partial charge in [0.15, 0.2) is 5.82 Å². The van der Waals surface area contributed by atoms with E-state index in [0.29, 0.717) is 23.7 Å². The fourth-order valence-electron chi connectivity index (χ4n) is 3.85. The second-order valence-electron chi connectivity index (χ2n) is 9.00. The molecule has 0 fully saturated rings. The fourth-order valence-corrected chi connectivity index (χ4v) is 3.85. The number of aryl methyl sites for hydroxylation is 1. The maximum absolute atomic E-state index is 12.5. The van der Waals surface area contributed by atoms with Crippen LogP contribution in [0.2, 0.25) is 0 Å². The summed E-state index contributed by atoms with van der Waals surface area (Å²) in [5, 5.41) is 0. The molecule has 0 saturated heterocycles. The normalized spacial score (nSPS) is 10.7. The zero-order valence-electron chi connectivity index (χ0n) is 21.5. The van der Waals surface area contributed by atoms with Gasteiger partial charge in [0.2, 0.25) is 0 Å². The summed E-state index contributed by atoms with van der Waals surface area (Å²) in [6.07, 6.45) is 17.5. The van der Waals surface area contributed by atoms with Crippen LogP contribution >= 0.6 is 0 Å². The van der Waals surface area contributed by atoms with E-state index in [4.69, 9.17) is 9.47 Å². The van der Waals surface area contributed by atoms with Crippen LogP contribution in [-0.4, -0.2) is 22.5 Å². The highest BCUT2D eigenvalue weighted by Gasteiger charge is 2.10. The Morgan fingerprint density at radius 1 is 0.833 bits per heavy atom. The van der Waals surface area contributed by atoms with E-state index >= 15 is 0 Å². The van der Waals surface area contributed by atoms with Gasteiger partial charge in [0.1, 0.15) is 11.5 Å². The van der Waals surface area contributed by atoms with Gasteiger partial charge in [0.05, 0.1) is 12.2 Å². The maximum atomic E-state index is 12.5. The molecule has 2 aromatic carbocycles. The first-order valence-electron chi connectivity index (χ1n) is 13.2. The number of esters is 1. The summed E-state index contributed by atoms with van der Waals surface area (Å²) in [7, 11) is 0. The molecule has 0 bridgehead atoms. The Hall–Kier alpha value is -3.47. The largest absolute Gasteiger partial charge is 0.494 e. The van der Waals surface area contributed by atoms with Crippen molar-refractivity contribution >= 4 is 5.97 Å². The number of allylic oxidation sites excluding steroid dienone is 1. The number of ether oxygens (including phenoxy) is 2. The second kappa shape index (κ2) is 15.5. The third-order valence-electron chi connectivity index (χ3n) is 6.01. The molecule has 3 aromatic rings. The van der Waals surface area contributed by atoms with Gasteiger partial charge in [-0.05, 0) is 86.2 Å². The van der Waals surface area contributed by atoms with E-state index in [-0.39, 0.29) is 0 Å². The number of hydrogen-bond acceptors (Lipinski definition) is 5. The Balaban J connectivity index is 1.45. The van der Waals surface area contributed by atoms with Gasteiger partial charge in [-0.1, -0.05) is 45.1 Å². The van der Waals surface area contributed by atoms with Crippen LogP contribution in [0, 0.1) is 0 Å². The Morgan fingerprint density at radius 2 is 1.50 bits per heavy atom. The predicted octanol–water partition coefficient (Wildman–Crippen LogP) is 8.00. The lowest BCUT2D eigenvalue weighted by molar-refractivity contribution is 0.0734. The molecule has 0 spiro atoms. The van der Waals surface area contributed by atoms with E-state index in [2.05, 4.69) is 23.5 Å². The molecule has 3 rings (SSSR count). The van der Waals surface area contributed by atoms with Crippen LogP contribution in [0.25, 0.3) is 11.4 Å². The van der Waals surface area contributed by atoms with Gasteiger partial charge in [-0.15, -0.1) is 6.58 Å². The van der Waals surface area contributed by atoms with Crippen LogP contribution in [0.15, 0.2) is 73.6 Å². The molecular weight excluding hydrogens is 448 g/mol. The van der Waals surface area contributed by atoms with Gasteiger partial charge in [0, 0.05) is 18.0 Å². The van der Waals surface area contributed by atoms with Gasteiger partial charge in [0.25, 0.3) is 0 Å². The molecule has 36 heavy (non-hydrogen) atoms. The molecule has 0 aliphatic rings. The molecule has 0 unspecified atom stereocenters. The quantitative estimate of drug-likeness (QED) is 0.0888. The predicted molar refractivity (Wildman–Crippen MR) is 145 cm³/mol. The Labute approximate surface area is 215 Å². The van der Waals surface area contributed by atoms with Crippen molar-refractivity contribution in [3.05, 3.63) is 84.7 Å². The number of rotatable bonds is 16. The molecule has 190 valence electrons. The Bertz CT molecular complexity index is 1040. The number of hydrogen-bond donors (Lipinski definition) is 0. The number of nitrogens with zero attached hydrogens (tertiary/aromatic N) is 2. The molecular formula is C31H38N2O3. The molecule has 0 aliphatic heterocycles. The van der Waals surface area contributed by atoms with Crippen LogP contribution in [0.1, 0.15) is 80.6 Å². The molecule has 0 atom stereocenters. The average Bonchev–Trinajstić information content (AvgIpc) is 2.92. The smallest absolute Gasteiger partial charge is 0.343 e. The summed E-state index contributed by atoms with van der Waals surface area (Å²) < 4.78 is 11.2. The van der Waals surface area contributed by atoms with Crippen LogP contribution in [0.4, 0.5) is 0 Å². The topological polar surface area (TPSA) is 61.3 Å². The summed E-state index contributed by atoms with van der Waals surface area (Å²) in [5.41, 5.74) is 2.53. The first-order valence-corrected chi connectivity index (χ1v) is 13.2. The SMILES string of the molecule is C=CCCCCOc1ccc(C(=O)Oc2ccc(-c3ncc(CCCCCCCC)cn3)cc2)cc1. The van der Waals surface area contributed by atoms with Crippen LogP contribution in [0.5, 0.6) is 11.5 Å². The van der Waals surface area contributed by atoms with Crippen molar-refractivity contribution in [3.63, 3.8) is 0 Å². The molecule has 0 aliphatic carbocycles. The monoisotopic (exact) mass is 486 g/mol. The first kappa shape index (κ1) is 27.1. The number of carbonyl (C=O) groups excluding carboxylic acids is 1. The van der Waals surface area contributed by atoms with Crippen molar-refractivity contribution in [1.82, 2.24) is 9.97 Å². The molecule has 0 radical (unpaired) electrons. The van der Waals surface area contributed by atoms with E-state index in [1.54, 1.807) is 36.4 Å². The van der Waals surface area contributed by atoms with Crippen molar-refractivity contribution < 1.29 is 14.3 Å². The minimum Gasteiger partial charge on any atom is -0.494 e. The maximum Gasteiger partial charge on any atom is 0.343 e. The molecule has 0 saturated carbocycles. The molecule has 1 aromatic heterocycles. The van der Waals surface area contributed by atoms with E-state index in [1.807, 2.05) is 30.6 Å². The first-order chi connectivity index (χ1) is 17.7. The fraction of sp³-hybridized carbons (Fsp3) is 0.387. The van der Waals surface area contributed by atoms with Gasteiger partial charge in [-0.3, -0.25) is 0 Å². The Morgan fingerprint density at radius 3 is 2.19 bits per heavy atom. The zero-order chi connectivity index (χ0) is 25.4. The lowest BCUT2D eigenvalue weighted by Gasteiger charge is -2.08. The van der Waals surface area contributed by atoms with Crippen LogP contribution < -0.4 is 9.47 Å². The molecule has 0 N–H and O–H groups in total. The zero-order valence-corrected chi connectivity index (χ0v) is 21.5. The van der Waals surface area contributed by atoms with E-state index in [1.165, 1.54) is 44.1 Å². The van der Waals surface area contributed by atoms with Crippen molar-refractivity contribution in [2.24, 2.45) is 0 Å². The number of benzene rings is 2. The summed E-state index contributed by atoms with van der Waals surface area (Å²) in [5.74, 6) is 1.48. The van der Waals surface area contributed by atoms with E-state index in [0.717, 1.165) is 37.0 Å². The third kappa shape index (κ3) is 9.29. The standard InChI is InChI=1S/C31H38N2O3/c1-3-5-7-9-10-11-13-25-23-32-30(33-24-25)26-14-20-29(21-15-26)36-31(34)27-16-18-28(19-17-27)35-22-12-8-6-4-2/h4,14-21,23-24H,2-3,5-13,22H2,1H3. The van der Waals surface area contributed by atoms with Gasteiger partial charge < -0.3 is 9.47 Å². The van der Waals surface area contributed by atoms with Crippen LogP contribution in [0.3, 0.4) is 0 Å². The molecule has 5 nitrogen and oxygen atoms in total. The van der Waals surface area contributed by atoms with Crippen molar-refractivity contribution in [2.45, 2.75) is 71.1 Å². The van der Waals surface area contributed by atoms with Crippen molar-refractivity contribution in [1.29, 1.82) is 0 Å². The summed E-state index contributed by atoms with van der Waals surface area (Å²) in [6, 6.07) is 14.3. The van der Waals surface area contributed by atoms with Gasteiger partial charge >= 0.3 is 5.97 Å². The number of unbranched alkanes of at least 4 members (excludes halogenated alkanes) is 7. The molecule has 0 amide bonds. The lowest BCUT2D eigenvalue weighted by Crippen LogP contribution is -2.08. The number of carbonyl (C=O) groups is 1. The summed E-state index contributed by atoms with van der Waals surface area (Å²) in [6.45, 7) is 6.61. The van der Waals surface area contributed by atoms with Gasteiger partial charge in [-0.25, -0.2) is 14.8 Å². The third-order valence-corrected chi connectivity index (χ3v) is 6.01. The van der Waals surface area contributed by atoms with Crippen molar-refractivity contribution in [2.75, 3.05) is 6.61 Å².